The molecular formula is C24H36N4O3. The Balaban J connectivity index is 1.30. The molecule has 31 heavy (non-hydrogen) atoms. The van der Waals surface area contributed by atoms with E-state index in [0.717, 1.165) is 68.4 Å². The quantitative estimate of drug-likeness (QED) is 0.544. The Morgan fingerprint density at radius 1 is 1.03 bits per heavy atom. The van der Waals surface area contributed by atoms with Crippen LogP contribution in [0, 0.1) is 0 Å². The summed E-state index contributed by atoms with van der Waals surface area (Å²) in [5, 5.41) is 8.94. The standard InChI is InChI=1S/C24H36N4O3/c1-18(29)28-16-8-9-19-17-21(13-14-22(19)28)26-23(30)12-6-3-7-15-25-24(31)27-20-10-4-2-5-11-20/h13-14,17,20H,2-12,15-16H2,1H3,(H,26,30)(H2,25,27,31). The van der Waals surface area contributed by atoms with Gasteiger partial charge < -0.3 is 20.9 Å². The minimum atomic E-state index is -0.0691. The number of aryl methyl sites for hydroxylation is 1. The summed E-state index contributed by atoms with van der Waals surface area (Å²) in [4.78, 5) is 37.7. The number of nitrogens with one attached hydrogen (secondary N) is 3. The van der Waals surface area contributed by atoms with Crippen LogP contribution in [0.2, 0.25) is 0 Å². The lowest BCUT2D eigenvalue weighted by Crippen LogP contribution is -2.43. The van der Waals surface area contributed by atoms with Gasteiger partial charge in [-0.15, -0.1) is 0 Å². The van der Waals surface area contributed by atoms with Crippen molar-refractivity contribution in [3.63, 3.8) is 0 Å². The number of unbranched alkanes of at least 4 members (excludes halogenated alkanes) is 2. The summed E-state index contributed by atoms with van der Waals surface area (Å²) >= 11 is 0. The van der Waals surface area contributed by atoms with Crippen LogP contribution in [0.25, 0.3) is 0 Å². The number of benzene rings is 1. The van der Waals surface area contributed by atoms with Gasteiger partial charge in [0, 0.05) is 43.9 Å². The van der Waals surface area contributed by atoms with Gasteiger partial charge in [0.2, 0.25) is 11.8 Å². The third-order valence-corrected chi connectivity index (χ3v) is 6.17. The van der Waals surface area contributed by atoms with Gasteiger partial charge in [-0.25, -0.2) is 4.79 Å². The van der Waals surface area contributed by atoms with E-state index in [0.29, 0.717) is 19.0 Å². The highest BCUT2D eigenvalue weighted by Crippen LogP contribution is 2.29. The zero-order chi connectivity index (χ0) is 22.1. The van der Waals surface area contributed by atoms with Crippen molar-refractivity contribution < 1.29 is 14.4 Å². The Labute approximate surface area is 185 Å². The normalized spacial score (nSPS) is 16.4. The molecule has 0 bridgehead atoms. The summed E-state index contributed by atoms with van der Waals surface area (Å²) < 4.78 is 0. The minimum absolute atomic E-state index is 0.00202. The maximum Gasteiger partial charge on any atom is 0.315 e. The number of amides is 4. The molecule has 170 valence electrons. The van der Waals surface area contributed by atoms with E-state index in [-0.39, 0.29) is 17.8 Å². The van der Waals surface area contributed by atoms with E-state index in [1.165, 1.54) is 19.3 Å². The molecule has 0 atom stereocenters. The van der Waals surface area contributed by atoms with Crippen molar-refractivity contribution in [3.05, 3.63) is 23.8 Å². The van der Waals surface area contributed by atoms with E-state index in [1.807, 2.05) is 18.2 Å². The van der Waals surface area contributed by atoms with Crippen LogP contribution in [-0.4, -0.2) is 37.0 Å². The van der Waals surface area contributed by atoms with Crippen molar-refractivity contribution in [3.8, 4) is 0 Å². The van der Waals surface area contributed by atoms with Crippen molar-refractivity contribution in [2.75, 3.05) is 23.3 Å². The van der Waals surface area contributed by atoms with Crippen molar-refractivity contribution in [1.29, 1.82) is 0 Å². The van der Waals surface area contributed by atoms with Crippen LogP contribution in [0.3, 0.4) is 0 Å². The minimum Gasteiger partial charge on any atom is -0.338 e. The second-order valence-electron chi connectivity index (χ2n) is 8.71. The predicted molar refractivity (Wildman–Crippen MR) is 123 cm³/mol. The van der Waals surface area contributed by atoms with Crippen LogP contribution in [0.5, 0.6) is 0 Å². The topological polar surface area (TPSA) is 90.5 Å². The van der Waals surface area contributed by atoms with Gasteiger partial charge in [-0.05, 0) is 62.3 Å². The molecule has 0 saturated heterocycles. The molecule has 3 N–H and O–H groups in total. The Morgan fingerprint density at radius 2 is 1.84 bits per heavy atom. The number of rotatable bonds is 8. The first-order chi connectivity index (χ1) is 15.0. The zero-order valence-corrected chi connectivity index (χ0v) is 18.7. The van der Waals surface area contributed by atoms with Gasteiger partial charge >= 0.3 is 6.03 Å². The van der Waals surface area contributed by atoms with E-state index in [4.69, 9.17) is 0 Å². The van der Waals surface area contributed by atoms with Crippen LogP contribution in [0.1, 0.15) is 76.7 Å². The molecule has 7 nitrogen and oxygen atoms in total. The van der Waals surface area contributed by atoms with Crippen LogP contribution in [0.4, 0.5) is 16.2 Å². The van der Waals surface area contributed by atoms with E-state index < -0.39 is 0 Å². The lowest BCUT2D eigenvalue weighted by Gasteiger charge is -2.29. The average molecular weight is 429 g/mol. The number of anilines is 2. The number of urea groups is 1. The fourth-order valence-electron chi connectivity index (χ4n) is 4.50. The maximum absolute atomic E-state index is 12.3. The molecular weight excluding hydrogens is 392 g/mol. The monoisotopic (exact) mass is 428 g/mol. The van der Waals surface area contributed by atoms with Gasteiger partial charge in [-0.3, -0.25) is 9.59 Å². The fourth-order valence-corrected chi connectivity index (χ4v) is 4.50. The molecule has 7 heteroatoms. The molecule has 0 spiro atoms. The molecule has 1 aliphatic carbocycles. The molecule has 2 aliphatic rings. The molecule has 1 aromatic carbocycles. The molecule has 0 radical (unpaired) electrons. The first-order valence-electron chi connectivity index (χ1n) is 11.8. The lowest BCUT2D eigenvalue weighted by atomic mass is 9.96. The molecule has 4 amide bonds. The Kier molecular flexibility index (Phi) is 8.74. The van der Waals surface area contributed by atoms with Crippen LogP contribution in [-0.2, 0) is 16.0 Å². The molecule has 3 rings (SSSR count). The predicted octanol–water partition coefficient (Wildman–Crippen LogP) is 4.12. The summed E-state index contributed by atoms with van der Waals surface area (Å²) in [6.07, 6.45) is 10.7. The summed E-state index contributed by atoms with van der Waals surface area (Å²) in [5.74, 6) is 0.0564. The smallest absolute Gasteiger partial charge is 0.315 e. The molecule has 1 aromatic rings. The van der Waals surface area contributed by atoms with Crippen LogP contribution < -0.4 is 20.9 Å². The highest BCUT2D eigenvalue weighted by Gasteiger charge is 2.20. The molecule has 1 saturated carbocycles. The van der Waals surface area contributed by atoms with Gasteiger partial charge in [0.15, 0.2) is 0 Å². The molecule has 1 fully saturated rings. The Bertz CT molecular complexity index is 774. The number of carbonyl (C=O) groups excluding carboxylic acids is 3. The summed E-state index contributed by atoms with van der Waals surface area (Å²) in [6, 6.07) is 6.03. The number of carbonyl (C=O) groups is 3. The van der Waals surface area contributed by atoms with Gasteiger partial charge in [0.25, 0.3) is 0 Å². The lowest BCUT2D eigenvalue weighted by molar-refractivity contribution is -0.117. The van der Waals surface area contributed by atoms with Crippen LogP contribution >= 0.6 is 0 Å². The number of hydrogen-bond donors (Lipinski definition) is 3. The summed E-state index contributed by atoms with van der Waals surface area (Å²) in [7, 11) is 0. The highest BCUT2D eigenvalue weighted by molar-refractivity contribution is 5.94. The number of fused-ring (bicyclic) bond motifs is 1. The molecule has 1 heterocycles. The summed E-state index contributed by atoms with van der Waals surface area (Å²) in [6.45, 7) is 2.98. The SMILES string of the molecule is CC(=O)N1CCCc2cc(NC(=O)CCCCCNC(=O)NC3CCCCC3)ccc21. The fraction of sp³-hybridized carbons (Fsp3) is 0.625. The highest BCUT2D eigenvalue weighted by atomic mass is 16.2. The van der Waals surface area contributed by atoms with Crippen molar-refractivity contribution in [1.82, 2.24) is 10.6 Å². The van der Waals surface area contributed by atoms with Crippen LogP contribution in [0.15, 0.2) is 18.2 Å². The van der Waals surface area contributed by atoms with Gasteiger partial charge in [0.1, 0.15) is 0 Å². The summed E-state index contributed by atoms with van der Waals surface area (Å²) in [5.41, 5.74) is 2.85. The molecule has 0 aromatic heterocycles. The zero-order valence-electron chi connectivity index (χ0n) is 18.7. The Hall–Kier alpha value is -2.57. The third-order valence-electron chi connectivity index (χ3n) is 6.17. The van der Waals surface area contributed by atoms with E-state index in [1.54, 1.807) is 11.8 Å². The second-order valence-corrected chi connectivity index (χ2v) is 8.71. The van der Waals surface area contributed by atoms with Crippen molar-refractivity contribution in [2.24, 2.45) is 0 Å². The van der Waals surface area contributed by atoms with E-state index in [9.17, 15) is 14.4 Å². The largest absolute Gasteiger partial charge is 0.338 e. The molecule has 0 unspecified atom stereocenters. The number of hydrogen-bond acceptors (Lipinski definition) is 3. The number of nitrogens with zero attached hydrogens (tertiary/aromatic N) is 1. The molecule has 1 aliphatic heterocycles. The van der Waals surface area contributed by atoms with E-state index in [2.05, 4.69) is 16.0 Å². The average Bonchev–Trinajstić information content (AvgIpc) is 2.76. The Morgan fingerprint density at radius 3 is 2.61 bits per heavy atom. The first-order valence-corrected chi connectivity index (χ1v) is 11.8. The second kappa shape index (κ2) is 11.7. The van der Waals surface area contributed by atoms with Crippen molar-refractivity contribution >= 4 is 29.2 Å². The van der Waals surface area contributed by atoms with E-state index >= 15 is 0 Å². The third kappa shape index (κ3) is 7.26. The van der Waals surface area contributed by atoms with Gasteiger partial charge in [0.05, 0.1) is 0 Å². The first kappa shape index (κ1) is 23.1. The van der Waals surface area contributed by atoms with Gasteiger partial charge in [-0.2, -0.15) is 0 Å². The van der Waals surface area contributed by atoms with Crippen molar-refractivity contribution in [2.45, 2.75) is 83.6 Å². The maximum atomic E-state index is 12.3. The van der Waals surface area contributed by atoms with Gasteiger partial charge in [-0.1, -0.05) is 25.7 Å².